The van der Waals surface area contributed by atoms with E-state index >= 15 is 0 Å². The molecule has 0 spiro atoms. The Kier molecular flexibility index (Phi) is 5.91. The van der Waals surface area contributed by atoms with E-state index in [2.05, 4.69) is 58.6 Å². The predicted octanol–water partition coefficient (Wildman–Crippen LogP) is 5.76. The summed E-state index contributed by atoms with van der Waals surface area (Å²) in [4.78, 5) is 0. The highest BCUT2D eigenvalue weighted by Crippen LogP contribution is 2.24. The molecule has 0 aromatic heterocycles. The van der Waals surface area contributed by atoms with E-state index in [4.69, 9.17) is 0 Å². The van der Waals surface area contributed by atoms with Crippen molar-refractivity contribution in [1.29, 1.82) is 0 Å². The van der Waals surface area contributed by atoms with Crippen LogP contribution in [0.2, 0.25) is 0 Å². The fraction of sp³-hybridized carbons (Fsp3) is 0.444. The monoisotopic (exact) mass is 242 g/mol. The van der Waals surface area contributed by atoms with Gasteiger partial charge in [0.2, 0.25) is 0 Å². The highest BCUT2D eigenvalue weighted by Gasteiger charge is 2.07. The molecule has 1 unspecified atom stereocenters. The van der Waals surface area contributed by atoms with Crippen molar-refractivity contribution in [3.8, 4) is 0 Å². The standard InChI is InChI=1S/C18H26/c1-6-17(7-2)18(8-3)12-11-16-10-9-14(4)15(5)13-16/h6,9,11-13,16H,1,7-8,10H2,2-5H3/b12-11-,18-17+. The first-order chi connectivity index (χ1) is 8.62. The summed E-state index contributed by atoms with van der Waals surface area (Å²) >= 11 is 0. The lowest BCUT2D eigenvalue weighted by atomic mass is 9.91. The van der Waals surface area contributed by atoms with E-state index in [9.17, 15) is 0 Å². The van der Waals surface area contributed by atoms with Gasteiger partial charge in [-0.3, -0.25) is 0 Å². The molecule has 1 aliphatic carbocycles. The smallest absolute Gasteiger partial charge is 0.000973 e. The third kappa shape index (κ3) is 3.87. The van der Waals surface area contributed by atoms with Crippen molar-refractivity contribution >= 4 is 0 Å². The van der Waals surface area contributed by atoms with Gasteiger partial charge in [-0.15, -0.1) is 0 Å². The van der Waals surface area contributed by atoms with Gasteiger partial charge in [0.15, 0.2) is 0 Å². The number of hydrogen-bond donors (Lipinski definition) is 0. The molecule has 0 radical (unpaired) electrons. The Morgan fingerprint density at radius 3 is 2.39 bits per heavy atom. The second-order valence-electron chi connectivity index (χ2n) is 4.96. The van der Waals surface area contributed by atoms with E-state index in [0.717, 1.165) is 19.3 Å². The van der Waals surface area contributed by atoms with E-state index in [1.807, 2.05) is 6.08 Å². The van der Waals surface area contributed by atoms with Gasteiger partial charge in [-0.2, -0.15) is 0 Å². The summed E-state index contributed by atoms with van der Waals surface area (Å²) in [5.41, 5.74) is 5.63. The molecule has 0 saturated carbocycles. The second kappa shape index (κ2) is 7.20. The lowest BCUT2D eigenvalue weighted by Crippen LogP contribution is -1.99. The normalized spacial score (nSPS) is 21.4. The van der Waals surface area contributed by atoms with Crippen LogP contribution in [0.15, 0.2) is 59.3 Å². The van der Waals surface area contributed by atoms with Gasteiger partial charge >= 0.3 is 0 Å². The summed E-state index contributed by atoms with van der Waals surface area (Å²) < 4.78 is 0. The number of allylic oxidation sites excluding steroid dienone is 9. The van der Waals surface area contributed by atoms with Crippen molar-refractivity contribution in [3.05, 3.63) is 59.3 Å². The molecule has 0 aromatic rings. The van der Waals surface area contributed by atoms with E-state index in [-0.39, 0.29) is 0 Å². The largest absolute Gasteiger partial charge is 0.0988 e. The van der Waals surface area contributed by atoms with Crippen LogP contribution in [0.5, 0.6) is 0 Å². The van der Waals surface area contributed by atoms with E-state index in [1.165, 1.54) is 22.3 Å². The van der Waals surface area contributed by atoms with Gasteiger partial charge in [-0.25, -0.2) is 0 Å². The predicted molar refractivity (Wildman–Crippen MR) is 82.6 cm³/mol. The SMILES string of the molecule is C=C/C(CC)=C(\C=C/C1C=C(C)C(C)=CC1)CC. The summed E-state index contributed by atoms with van der Waals surface area (Å²) in [6.07, 6.45) is 14.6. The topological polar surface area (TPSA) is 0 Å². The van der Waals surface area contributed by atoms with Gasteiger partial charge in [0.1, 0.15) is 0 Å². The molecule has 0 nitrogen and oxygen atoms in total. The van der Waals surface area contributed by atoms with Crippen LogP contribution in [0, 0.1) is 5.92 Å². The minimum absolute atomic E-state index is 0.554. The molecule has 0 N–H and O–H groups in total. The maximum absolute atomic E-state index is 3.90. The molecule has 98 valence electrons. The molecule has 0 bridgehead atoms. The molecule has 0 aliphatic heterocycles. The van der Waals surface area contributed by atoms with Crippen LogP contribution in [0.25, 0.3) is 0 Å². The third-order valence-corrected chi connectivity index (χ3v) is 3.75. The summed E-state index contributed by atoms with van der Waals surface area (Å²) in [5, 5.41) is 0. The summed E-state index contributed by atoms with van der Waals surface area (Å²) in [6, 6.07) is 0. The molecule has 0 saturated heterocycles. The average Bonchev–Trinajstić information content (AvgIpc) is 2.38. The zero-order valence-corrected chi connectivity index (χ0v) is 12.3. The van der Waals surface area contributed by atoms with Crippen LogP contribution in [-0.4, -0.2) is 0 Å². The Hall–Kier alpha value is -1.30. The Labute approximate surface area is 112 Å². The number of hydrogen-bond acceptors (Lipinski definition) is 0. The van der Waals surface area contributed by atoms with E-state index in [0.29, 0.717) is 5.92 Å². The molecule has 1 rings (SSSR count). The first-order valence-corrected chi connectivity index (χ1v) is 7.00. The molecule has 0 aromatic carbocycles. The quantitative estimate of drug-likeness (QED) is 0.538. The van der Waals surface area contributed by atoms with Crippen molar-refractivity contribution in [2.24, 2.45) is 5.92 Å². The molecular weight excluding hydrogens is 216 g/mol. The van der Waals surface area contributed by atoms with E-state index < -0.39 is 0 Å². The zero-order valence-electron chi connectivity index (χ0n) is 12.3. The lowest BCUT2D eigenvalue weighted by molar-refractivity contribution is 0.799. The molecule has 1 atom stereocenters. The van der Waals surface area contributed by atoms with Gasteiger partial charge in [0.05, 0.1) is 0 Å². The van der Waals surface area contributed by atoms with Crippen molar-refractivity contribution in [2.75, 3.05) is 0 Å². The summed E-state index contributed by atoms with van der Waals surface area (Å²) in [7, 11) is 0. The maximum atomic E-state index is 3.90. The lowest BCUT2D eigenvalue weighted by Gasteiger charge is -2.15. The zero-order chi connectivity index (χ0) is 13.5. The molecule has 0 heteroatoms. The highest BCUT2D eigenvalue weighted by molar-refractivity contribution is 5.36. The Morgan fingerprint density at radius 1 is 1.22 bits per heavy atom. The molecular formula is C18H26. The maximum Gasteiger partial charge on any atom is -0.000973 e. The van der Waals surface area contributed by atoms with Gasteiger partial charge < -0.3 is 0 Å². The molecule has 1 aliphatic rings. The van der Waals surface area contributed by atoms with Crippen molar-refractivity contribution in [1.82, 2.24) is 0 Å². The minimum atomic E-state index is 0.554. The van der Waals surface area contributed by atoms with Gasteiger partial charge in [-0.1, -0.05) is 62.0 Å². The van der Waals surface area contributed by atoms with Crippen molar-refractivity contribution in [2.45, 2.75) is 47.0 Å². The number of rotatable bonds is 5. The Bertz CT molecular complexity index is 413. The van der Waals surface area contributed by atoms with Gasteiger partial charge in [-0.05, 0) is 50.2 Å². The first-order valence-electron chi connectivity index (χ1n) is 7.00. The molecule has 0 fully saturated rings. The fourth-order valence-corrected chi connectivity index (χ4v) is 2.32. The molecule has 0 amide bonds. The van der Waals surface area contributed by atoms with Crippen molar-refractivity contribution in [3.63, 3.8) is 0 Å². The van der Waals surface area contributed by atoms with E-state index in [1.54, 1.807) is 0 Å². The summed E-state index contributed by atoms with van der Waals surface area (Å²) in [6.45, 7) is 12.7. The van der Waals surface area contributed by atoms with Crippen LogP contribution in [0.4, 0.5) is 0 Å². The third-order valence-electron chi connectivity index (χ3n) is 3.75. The van der Waals surface area contributed by atoms with Crippen LogP contribution >= 0.6 is 0 Å². The minimum Gasteiger partial charge on any atom is -0.0988 e. The second-order valence-corrected chi connectivity index (χ2v) is 4.96. The molecule has 18 heavy (non-hydrogen) atoms. The average molecular weight is 242 g/mol. The van der Waals surface area contributed by atoms with Crippen LogP contribution in [0.1, 0.15) is 47.0 Å². The van der Waals surface area contributed by atoms with Crippen LogP contribution in [0.3, 0.4) is 0 Å². The first kappa shape index (κ1) is 14.8. The van der Waals surface area contributed by atoms with Crippen LogP contribution in [-0.2, 0) is 0 Å². The summed E-state index contributed by atoms with van der Waals surface area (Å²) in [5.74, 6) is 0.554. The van der Waals surface area contributed by atoms with Gasteiger partial charge in [0, 0.05) is 0 Å². The van der Waals surface area contributed by atoms with Crippen molar-refractivity contribution < 1.29 is 0 Å². The van der Waals surface area contributed by atoms with Crippen LogP contribution < -0.4 is 0 Å². The molecule has 0 heterocycles. The fourth-order valence-electron chi connectivity index (χ4n) is 2.32. The Balaban J connectivity index is 2.82. The highest BCUT2D eigenvalue weighted by atomic mass is 14.1. The Morgan fingerprint density at radius 2 is 1.89 bits per heavy atom. The van der Waals surface area contributed by atoms with Gasteiger partial charge in [0.25, 0.3) is 0 Å².